The fourth-order valence-electron chi connectivity index (χ4n) is 2.18. The number of thioether (sulfide) groups is 1. The molecule has 1 aliphatic heterocycles. The molecular weight excluding hydrogens is 294 g/mol. The van der Waals surface area contributed by atoms with Crippen LogP contribution in [0.4, 0.5) is 5.82 Å². The van der Waals surface area contributed by atoms with Crippen molar-refractivity contribution in [2.75, 3.05) is 23.8 Å². The second-order valence-corrected chi connectivity index (χ2v) is 5.49. The zero-order valence-electron chi connectivity index (χ0n) is 11.7. The minimum absolute atomic E-state index is 0.161. The van der Waals surface area contributed by atoms with E-state index in [1.807, 2.05) is 0 Å². The van der Waals surface area contributed by atoms with Gasteiger partial charge in [0, 0.05) is 6.54 Å². The number of ether oxygens (including phenoxy) is 1. The molecule has 1 fully saturated rings. The predicted octanol–water partition coefficient (Wildman–Crippen LogP) is 1.19. The summed E-state index contributed by atoms with van der Waals surface area (Å²) in [6.07, 6.45) is 4.53. The molecule has 8 heteroatoms. The number of carbonyl (C=O) groups excluding carboxylic acids is 1. The number of carboxylic acid groups (broad SMARTS) is 1. The van der Waals surface area contributed by atoms with Crippen molar-refractivity contribution in [2.45, 2.75) is 30.8 Å². The van der Waals surface area contributed by atoms with Crippen LogP contribution < -0.4 is 4.90 Å². The van der Waals surface area contributed by atoms with Crippen molar-refractivity contribution in [3.05, 3.63) is 12.4 Å². The number of carboxylic acids is 1. The maximum atomic E-state index is 11.3. The molecule has 1 saturated heterocycles. The highest BCUT2D eigenvalue weighted by Gasteiger charge is 2.31. The van der Waals surface area contributed by atoms with Crippen molar-refractivity contribution in [1.82, 2.24) is 9.97 Å². The van der Waals surface area contributed by atoms with Crippen LogP contribution in [0.2, 0.25) is 0 Å². The van der Waals surface area contributed by atoms with Crippen molar-refractivity contribution in [3.63, 3.8) is 0 Å². The van der Waals surface area contributed by atoms with Crippen LogP contribution in [0.1, 0.15) is 19.8 Å². The summed E-state index contributed by atoms with van der Waals surface area (Å²) in [6, 6.07) is -0.551. The summed E-state index contributed by atoms with van der Waals surface area (Å²) in [5, 5.41) is 9.77. The number of aliphatic carboxylic acids is 1. The van der Waals surface area contributed by atoms with Crippen LogP contribution in [0.5, 0.6) is 0 Å². The Hall–Kier alpha value is -1.83. The van der Waals surface area contributed by atoms with Gasteiger partial charge < -0.3 is 14.7 Å². The standard InChI is InChI=1S/C13H17N3O4S/c1-2-20-12(17)8-21-11-7-14-6-10(15-11)16-5-3-4-9(16)13(18)19/h6-7,9H,2-5,8H2,1H3,(H,18,19)/t9-/m1/s1. The number of nitrogens with zero attached hydrogens (tertiary/aromatic N) is 3. The number of rotatable bonds is 6. The molecule has 2 rings (SSSR count). The van der Waals surface area contributed by atoms with Crippen molar-refractivity contribution in [3.8, 4) is 0 Å². The number of esters is 1. The number of hydrogen-bond acceptors (Lipinski definition) is 7. The molecule has 0 saturated carbocycles. The predicted molar refractivity (Wildman–Crippen MR) is 77.4 cm³/mol. The van der Waals surface area contributed by atoms with Gasteiger partial charge in [0.15, 0.2) is 0 Å². The zero-order chi connectivity index (χ0) is 15.2. The van der Waals surface area contributed by atoms with E-state index in [2.05, 4.69) is 9.97 Å². The van der Waals surface area contributed by atoms with E-state index in [1.54, 1.807) is 24.2 Å². The van der Waals surface area contributed by atoms with Gasteiger partial charge >= 0.3 is 11.9 Å². The summed E-state index contributed by atoms with van der Waals surface area (Å²) in [7, 11) is 0. The van der Waals surface area contributed by atoms with Gasteiger partial charge in [-0.15, -0.1) is 0 Å². The van der Waals surface area contributed by atoms with Crippen LogP contribution in [0.3, 0.4) is 0 Å². The Morgan fingerprint density at radius 1 is 1.52 bits per heavy atom. The Kier molecular flexibility index (Phi) is 5.38. The molecule has 0 radical (unpaired) electrons. The topological polar surface area (TPSA) is 92.6 Å². The molecule has 1 N–H and O–H groups in total. The lowest BCUT2D eigenvalue weighted by Crippen LogP contribution is -2.36. The molecule has 1 aliphatic rings. The van der Waals surface area contributed by atoms with E-state index in [0.717, 1.165) is 6.42 Å². The van der Waals surface area contributed by atoms with E-state index in [0.29, 0.717) is 30.4 Å². The lowest BCUT2D eigenvalue weighted by atomic mass is 10.2. The van der Waals surface area contributed by atoms with Crippen molar-refractivity contribution >= 4 is 29.5 Å². The van der Waals surface area contributed by atoms with Crippen LogP contribution in [0.25, 0.3) is 0 Å². The molecule has 21 heavy (non-hydrogen) atoms. The van der Waals surface area contributed by atoms with Gasteiger partial charge in [0.1, 0.15) is 16.9 Å². The molecule has 1 aromatic heterocycles. The van der Waals surface area contributed by atoms with Gasteiger partial charge in [-0.1, -0.05) is 11.8 Å². The Bertz CT molecular complexity index is 526. The van der Waals surface area contributed by atoms with E-state index < -0.39 is 12.0 Å². The van der Waals surface area contributed by atoms with Gasteiger partial charge in [0.05, 0.1) is 24.8 Å². The average molecular weight is 311 g/mol. The van der Waals surface area contributed by atoms with E-state index in [1.165, 1.54) is 11.8 Å². The van der Waals surface area contributed by atoms with Crippen LogP contribution in [0.15, 0.2) is 17.4 Å². The van der Waals surface area contributed by atoms with Gasteiger partial charge in [0.25, 0.3) is 0 Å². The van der Waals surface area contributed by atoms with Gasteiger partial charge in [-0.25, -0.2) is 9.78 Å². The largest absolute Gasteiger partial charge is 0.480 e. The zero-order valence-corrected chi connectivity index (χ0v) is 12.5. The maximum absolute atomic E-state index is 11.3. The molecule has 0 aliphatic carbocycles. The first-order chi connectivity index (χ1) is 10.1. The van der Waals surface area contributed by atoms with Crippen molar-refractivity contribution in [2.24, 2.45) is 0 Å². The van der Waals surface area contributed by atoms with Crippen LogP contribution in [-0.2, 0) is 14.3 Å². The molecule has 0 amide bonds. The minimum Gasteiger partial charge on any atom is -0.480 e. The van der Waals surface area contributed by atoms with Crippen molar-refractivity contribution < 1.29 is 19.4 Å². The maximum Gasteiger partial charge on any atom is 0.326 e. The number of aromatic nitrogens is 2. The fourth-order valence-corrected chi connectivity index (χ4v) is 2.82. The SMILES string of the molecule is CCOC(=O)CSc1cncc(N2CCC[C@@H]2C(=O)O)n1. The second-order valence-electron chi connectivity index (χ2n) is 4.50. The minimum atomic E-state index is -0.848. The third kappa shape index (κ3) is 4.07. The lowest BCUT2D eigenvalue weighted by molar-refractivity contribution is -0.140. The van der Waals surface area contributed by atoms with Gasteiger partial charge in [-0.05, 0) is 19.8 Å². The van der Waals surface area contributed by atoms with Crippen LogP contribution in [-0.4, -0.2) is 52.0 Å². The molecular formula is C13H17N3O4S. The first kappa shape index (κ1) is 15.6. The van der Waals surface area contributed by atoms with E-state index >= 15 is 0 Å². The highest BCUT2D eigenvalue weighted by Crippen LogP contribution is 2.25. The summed E-state index contributed by atoms with van der Waals surface area (Å²) in [5.41, 5.74) is 0. The first-order valence-corrected chi connectivity index (χ1v) is 7.70. The third-order valence-electron chi connectivity index (χ3n) is 3.08. The summed E-state index contributed by atoms with van der Waals surface area (Å²) >= 11 is 1.23. The summed E-state index contributed by atoms with van der Waals surface area (Å²) in [5.74, 6) is -0.458. The van der Waals surface area contributed by atoms with Gasteiger partial charge in [0.2, 0.25) is 0 Å². The molecule has 0 unspecified atom stereocenters. The molecule has 0 spiro atoms. The quantitative estimate of drug-likeness (QED) is 0.618. The van der Waals surface area contributed by atoms with Crippen LogP contribution >= 0.6 is 11.8 Å². The van der Waals surface area contributed by atoms with Gasteiger partial charge in [-0.2, -0.15) is 0 Å². The molecule has 0 aromatic carbocycles. The summed E-state index contributed by atoms with van der Waals surface area (Å²) < 4.78 is 4.85. The first-order valence-electron chi connectivity index (χ1n) is 6.71. The Morgan fingerprint density at radius 3 is 3.05 bits per heavy atom. The van der Waals surface area contributed by atoms with E-state index in [4.69, 9.17) is 4.74 Å². The highest BCUT2D eigenvalue weighted by molar-refractivity contribution is 7.99. The fraction of sp³-hybridized carbons (Fsp3) is 0.538. The molecule has 1 atom stereocenters. The second kappa shape index (κ2) is 7.26. The Labute approximate surface area is 126 Å². The van der Waals surface area contributed by atoms with Gasteiger partial charge in [-0.3, -0.25) is 9.78 Å². The third-order valence-corrected chi connectivity index (χ3v) is 3.95. The Balaban J connectivity index is 2.03. The smallest absolute Gasteiger partial charge is 0.326 e. The molecule has 114 valence electrons. The van der Waals surface area contributed by atoms with Crippen molar-refractivity contribution in [1.29, 1.82) is 0 Å². The molecule has 7 nitrogen and oxygen atoms in total. The molecule has 1 aromatic rings. The number of anilines is 1. The monoisotopic (exact) mass is 311 g/mol. The molecule has 2 heterocycles. The highest BCUT2D eigenvalue weighted by atomic mass is 32.2. The average Bonchev–Trinajstić information content (AvgIpc) is 2.95. The lowest BCUT2D eigenvalue weighted by Gasteiger charge is -2.22. The number of carbonyl (C=O) groups is 2. The van der Waals surface area contributed by atoms with Crippen LogP contribution in [0, 0.1) is 0 Å². The van der Waals surface area contributed by atoms with E-state index in [9.17, 15) is 14.7 Å². The molecule has 0 bridgehead atoms. The normalized spacial score (nSPS) is 17.8. The summed E-state index contributed by atoms with van der Waals surface area (Å²) in [4.78, 5) is 32.7. The number of hydrogen-bond donors (Lipinski definition) is 1. The van der Waals surface area contributed by atoms with E-state index in [-0.39, 0.29) is 11.7 Å². The Morgan fingerprint density at radius 2 is 2.33 bits per heavy atom. The summed E-state index contributed by atoms with van der Waals surface area (Å²) in [6.45, 7) is 2.75.